The van der Waals surface area contributed by atoms with Crippen LogP contribution in [0.1, 0.15) is 33.6 Å². The average Bonchev–Trinajstić information content (AvgIpc) is 2.35. The van der Waals surface area contributed by atoms with E-state index < -0.39 is 5.54 Å². The molecule has 0 fully saturated rings. The Balaban J connectivity index is 4.61. The van der Waals surface area contributed by atoms with Crippen LogP contribution in [0.3, 0.4) is 0 Å². The number of esters is 1. The minimum absolute atomic E-state index is 0.145. The Morgan fingerprint density at radius 2 is 1.95 bits per heavy atom. The number of hydrogen-bond acceptors (Lipinski definition) is 5. The van der Waals surface area contributed by atoms with Crippen molar-refractivity contribution in [1.82, 2.24) is 10.6 Å². The average molecular weight is 273 g/mol. The molecule has 3 atom stereocenters. The number of hydrogen-bond donors (Lipinski definition) is 3. The molecule has 0 aromatic heterocycles. The second-order valence-electron chi connectivity index (χ2n) is 5.09. The van der Waals surface area contributed by atoms with Crippen molar-refractivity contribution in [2.45, 2.75) is 45.2 Å². The van der Waals surface area contributed by atoms with Gasteiger partial charge in [-0.3, -0.25) is 9.59 Å². The first-order chi connectivity index (χ1) is 8.80. The van der Waals surface area contributed by atoms with E-state index in [1.807, 2.05) is 6.92 Å². The molecule has 4 N–H and O–H groups in total. The van der Waals surface area contributed by atoms with Gasteiger partial charge in [-0.1, -0.05) is 6.92 Å². The van der Waals surface area contributed by atoms with Crippen LogP contribution in [0.5, 0.6) is 0 Å². The van der Waals surface area contributed by atoms with E-state index in [0.29, 0.717) is 19.4 Å². The van der Waals surface area contributed by atoms with Gasteiger partial charge in [0.2, 0.25) is 5.91 Å². The number of carbonyl (C=O) groups excluding carboxylic acids is 2. The van der Waals surface area contributed by atoms with Gasteiger partial charge in [-0.15, -0.1) is 0 Å². The highest BCUT2D eigenvalue weighted by Gasteiger charge is 2.35. The van der Waals surface area contributed by atoms with E-state index >= 15 is 0 Å². The Bertz CT molecular complexity index is 310. The topological polar surface area (TPSA) is 93.4 Å². The van der Waals surface area contributed by atoms with Crippen molar-refractivity contribution in [3.63, 3.8) is 0 Å². The number of ether oxygens (including phenoxy) is 1. The third-order valence-corrected chi connectivity index (χ3v) is 3.36. The summed E-state index contributed by atoms with van der Waals surface area (Å²) < 4.78 is 5.07. The highest BCUT2D eigenvalue weighted by atomic mass is 16.5. The third kappa shape index (κ3) is 5.57. The molecular weight excluding hydrogens is 246 g/mol. The van der Waals surface area contributed by atoms with Gasteiger partial charge in [0.1, 0.15) is 5.54 Å². The molecule has 0 aliphatic heterocycles. The number of carbonyl (C=O) groups is 2. The minimum atomic E-state index is -0.745. The molecule has 0 aliphatic carbocycles. The lowest BCUT2D eigenvalue weighted by Crippen LogP contribution is -2.50. The monoisotopic (exact) mass is 273 g/mol. The predicted octanol–water partition coefficient (Wildman–Crippen LogP) is 0.0172. The van der Waals surface area contributed by atoms with Crippen molar-refractivity contribution >= 4 is 11.9 Å². The molecule has 0 rings (SSSR count). The second-order valence-corrected chi connectivity index (χ2v) is 5.09. The molecule has 0 radical (unpaired) electrons. The van der Waals surface area contributed by atoms with Gasteiger partial charge in [-0.05, 0) is 46.7 Å². The fourth-order valence-electron chi connectivity index (χ4n) is 2.14. The molecule has 0 spiro atoms. The van der Waals surface area contributed by atoms with Crippen molar-refractivity contribution in [3.05, 3.63) is 0 Å². The van der Waals surface area contributed by atoms with Gasteiger partial charge in [0.25, 0.3) is 0 Å². The van der Waals surface area contributed by atoms with Crippen LogP contribution in [-0.2, 0) is 14.3 Å². The van der Waals surface area contributed by atoms with Gasteiger partial charge < -0.3 is 21.1 Å². The smallest absolute Gasteiger partial charge is 0.326 e. The molecule has 6 heteroatoms. The Kier molecular flexibility index (Phi) is 7.63. The first kappa shape index (κ1) is 17.9. The van der Waals surface area contributed by atoms with Gasteiger partial charge in [0.15, 0.2) is 0 Å². The predicted molar refractivity (Wildman–Crippen MR) is 74.5 cm³/mol. The number of primary amides is 1. The van der Waals surface area contributed by atoms with E-state index in [0.717, 1.165) is 0 Å². The lowest BCUT2D eigenvalue weighted by Gasteiger charge is -2.30. The van der Waals surface area contributed by atoms with E-state index in [1.54, 1.807) is 27.9 Å². The maximum absolute atomic E-state index is 11.9. The SMILES string of the molecule is CCOC(=O)C(C)(CC(C)CC(NC)C(N)=O)NC. The molecule has 3 unspecified atom stereocenters. The Morgan fingerprint density at radius 1 is 1.37 bits per heavy atom. The molecule has 112 valence electrons. The van der Waals surface area contributed by atoms with Crippen molar-refractivity contribution in [2.75, 3.05) is 20.7 Å². The van der Waals surface area contributed by atoms with Crippen LogP contribution in [0.15, 0.2) is 0 Å². The quantitative estimate of drug-likeness (QED) is 0.515. The fraction of sp³-hybridized carbons (Fsp3) is 0.846. The fourth-order valence-corrected chi connectivity index (χ4v) is 2.14. The lowest BCUT2D eigenvalue weighted by atomic mass is 9.86. The lowest BCUT2D eigenvalue weighted by molar-refractivity contribution is -0.151. The minimum Gasteiger partial charge on any atom is -0.465 e. The Morgan fingerprint density at radius 3 is 2.32 bits per heavy atom. The third-order valence-electron chi connectivity index (χ3n) is 3.36. The number of amides is 1. The molecule has 0 saturated carbocycles. The van der Waals surface area contributed by atoms with Crippen molar-refractivity contribution in [3.8, 4) is 0 Å². The van der Waals surface area contributed by atoms with Crippen LogP contribution in [0.2, 0.25) is 0 Å². The molecular formula is C13H27N3O3. The maximum Gasteiger partial charge on any atom is 0.326 e. The van der Waals surface area contributed by atoms with Crippen molar-refractivity contribution in [2.24, 2.45) is 11.7 Å². The second kappa shape index (κ2) is 8.12. The summed E-state index contributed by atoms with van der Waals surface area (Å²) in [6.07, 6.45) is 1.16. The zero-order valence-corrected chi connectivity index (χ0v) is 12.6. The first-order valence-electron chi connectivity index (χ1n) is 6.63. The Hall–Kier alpha value is -1.14. The van der Waals surface area contributed by atoms with Crippen LogP contribution in [0.4, 0.5) is 0 Å². The van der Waals surface area contributed by atoms with E-state index in [4.69, 9.17) is 10.5 Å². The molecule has 19 heavy (non-hydrogen) atoms. The van der Waals surface area contributed by atoms with E-state index in [-0.39, 0.29) is 23.8 Å². The van der Waals surface area contributed by atoms with Crippen LogP contribution < -0.4 is 16.4 Å². The number of nitrogens with two attached hydrogens (primary N) is 1. The summed E-state index contributed by atoms with van der Waals surface area (Å²) in [7, 11) is 3.43. The highest BCUT2D eigenvalue weighted by molar-refractivity contribution is 5.81. The summed E-state index contributed by atoms with van der Waals surface area (Å²) in [6, 6.07) is -0.377. The normalized spacial score (nSPS) is 17.3. The number of likely N-dealkylation sites (N-methyl/N-ethyl adjacent to an activating group) is 2. The summed E-state index contributed by atoms with van der Waals surface area (Å²) in [4.78, 5) is 23.1. The number of rotatable bonds is 9. The summed E-state index contributed by atoms with van der Waals surface area (Å²) in [5.74, 6) is -0.507. The van der Waals surface area contributed by atoms with E-state index in [9.17, 15) is 9.59 Å². The molecule has 0 saturated heterocycles. The molecule has 0 heterocycles. The molecule has 0 aromatic carbocycles. The maximum atomic E-state index is 11.9. The van der Waals surface area contributed by atoms with E-state index in [1.165, 1.54) is 0 Å². The summed E-state index contributed by atoms with van der Waals surface area (Å²) in [5, 5.41) is 5.88. The largest absolute Gasteiger partial charge is 0.465 e. The van der Waals surface area contributed by atoms with Crippen molar-refractivity contribution < 1.29 is 14.3 Å². The summed E-state index contributed by atoms with van der Waals surface area (Å²) in [5.41, 5.74) is 4.55. The number of nitrogens with one attached hydrogen (secondary N) is 2. The van der Waals surface area contributed by atoms with Crippen molar-refractivity contribution in [1.29, 1.82) is 0 Å². The van der Waals surface area contributed by atoms with Crippen LogP contribution in [0, 0.1) is 5.92 Å². The molecule has 0 bridgehead atoms. The van der Waals surface area contributed by atoms with Gasteiger partial charge in [0, 0.05) is 0 Å². The van der Waals surface area contributed by atoms with Gasteiger partial charge in [-0.25, -0.2) is 0 Å². The highest BCUT2D eigenvalue weighted by Crippen LogP contribution is 2.21. The summed E-state index contributed by atoms with van der Waals surface area (Å²) in [6.45, 7) is 5.93. The zero-order valence-electron chi connectivity index (χ0n) is 12.6. The van der Waals surface area contributed by atoms with E-state index in [2.05, 4.69) is 10.6 Å². The van der Waals surface area contributed by atoms with Gasteiger partial charge in [0.05, 0.1) is 12.6 Å². The van der Waals surface area contributed by atoms with Crippen LogP contribution in [-0.4, -0.2) is 44.2 Å². The first-order valence-corrected chi connectivity index (χ1v) is 6.63. The van der Waals surface area contributed by atoms with Crippen LogP contribution in [0.25, 0.3) is 0 Å². The van der Waals surface area contributed by atoms with Crippen LogP contribution >= 0.6 is 0 Å². The standard InChI is InChI=1S/C13H27N3O3/c1-6-19-12(18)13(3,16-5)8-9(2)7-10(15-4)11(14)17/h9-10,15-16H,6-8H2,1-5H3,(H2,14,17). The molecule has 0 aliphatic rings. The van der Waals surface area contributed by atoms with Gasteiger partial charge >= 0.3 is 5.97 Å². The van der Waals surface area contributed by atoms with Gasteiger partial charge in [-0.2, -0.15) is 0 Å². The molecule has 1 amide bonds. The zero-order chi connectivity index (χ0) is 15.1. The summed E-state index contributed by atoms with van der Waals surface area (Å²) >= 11 is 0. The Labute approximate surface area is 115 Å². The molecule has 0 aromatic rings. The molecule has 6 nitrogen and oxygen atoms in total.